The normalized spacial score (nSPS) is 12.1. The lowest BCUT2D eigenvalue weighted by Crippen LogP contribution is -2.20. The number of pyridine rings is 2. The maximum Gasteiger partial charge on any atom is 0.313 e. The third kappa shape index (κ3) is 3.06. The van der Waals surface area contributed by atoms with Gasteiger partial charge in [0.1, 0.15) is 6.61 Å². The molecule has 0 spiro atoms. The average molecular weight is 322 g/mol. The quantitative estimate of drug-likeness (QED) is 0.749. The van der Waals surface area contributed by atoms with E-state index in [0.717, 1.165) is 5.39 Å². The maximum absolute atomic E-state index is 12.5. The van der Waals surface area contributed by atoms with Crippen molar-refractivity contribution in [2.24, 2.45) is 0 Å². The molecule has 0 aliphatic heterocycles. The Hall–Kier alpha value is -2.95. The van der Waals surface area contributed by atoms with Gasteiger partial charge in [-0.05, 0) is 37.6 Å². The Morgan fingerprint density at radius 1 is 1.21 bits per heavy atom. The number of hydrogen-bond acceptors (Lipinski definition) is 4. The number of nitrogens with zero attached hydrogens (tertiary/aromatic N) is 1. The van der Waals surface area contributed by atoms with Gasteiger partial charge in [-0.1, -0.05) is 24.3 Å². The van der Waals surface area contributed by atoms with Crippen LogP contribution < -0.4 is 5.56 Å². The van der Waals surface area contributed by atoms with Gasteiger partial charge in [0.15, 0.2) is 0 Å². The van der Waals surface area contributed by atoms with Gasteiger partial charge >= 0.3 is 5.97 Å². The maximum atomic E-state index is 12.5. The van der Waals surface area contributed by atoms with Crippen LogP contribution in [0.25, 0.3) is 10.9 Å². The lowest BCUT2D eigenvalue weighted by molar-refractivity contribution is -0.146. The van der Waals surface area contributed by atoms with E-state index in [0.29, 0.717) is 22.3 Å². The minimum atomic E-state index is -0.541. The second-order valence-electron chi connectivity index (χ2n) is 5.69. The fraction of sp³-hybridized carbons (Fsp3) is 0.211. The molecule has 2 heterocycles. The fourth-order valence-electron chi connectivity index (χ4n) is 2.80. The number of para-hydroxylation sites is 1. The topological polar surface area (TPSA) is 72.0 Å². The third-order valence-electron chi connectivity index (χ3n) is 4.09. The van der Waals surface area contributed by atoms with Crippen molar-refractivity contribution in [2.45, 2.75) is 26.4 Å². The van der Waals surface area contributed by atoms with E-state index in [1.807, 2.05) is 30.3 Å². The Morgan fingerprint density at radius 2 is 1.96 bits per heavy atom. The van der Waals surface area contributed by atoms with Gasteiger partial charge < -0.3 is 9.72 Å². The van der Waals surface area contributed by atoms with Gasteiger partial charge in [0.05, 0.1) is 11.6 Å². The Labute approximate surface area is 139 Å². The number of aromatic nitrogens is 2. The Bertz CT molecular complexity index is 932. The van der Waals surface area contributed by atoms with Gasteiger partial charge in [-0.25, -0.2) is 0 Å². The number of nitrogens with one attached hydrogen (secondary N) is 1. The molecule has 122 valence electrons. The monoisotopic (exact) mass is 322 g/mol. The van der Waals surface area contributed by atoms with Crippen LogP contribution in [-0.2, 0) is 16.1 Å². The highest BCUT2D eigenvalue weighted by Crippen LogP contribution is 2.27. The predicted molar refractivity (Wildman–Crippen MR) is 91.8 cm³/mol. The molecule has 0 amide bonds. The number of benzene rings is 1. The molecule has 0 aliphatic carbocycles. The minimum Gasteiger partial charge on any atom is -0.459 e. The molecule has 0 radical (unpaired) electrons. The van der Waals surface area contributed by atoms with Crippen LogP contribution in [0.2, 0.25) is 0 Å². The van der Waals surface area contributed by atoms with Crippen molar-refractivity contribution in [2.75, 3.05) is 0 Å². The molecule has 0 aliphatic rings. The Balaban J connectivity index is 1.90. The van der Waals surface area contributed by atoms with E-state index in [-0.39, 0.29) is 18.1 Å². The first-order valence-electron chi connectivity index (χ1n) is 7.76. The Kier molecular flexibility index (Phi) is 4.42. The number of carbonyl (C=O) groups excluding carboxylic acids is 1. The second-order valence-corrected chi connectivity index (χ2v) is 5.69. The predicted octanol–water partition coefficient (Wildman–Crippen LogP) is 3.08. The molecule has 24 heavy (non-hydrogen) atoms. The molecule has 1 N–H and O–H groups in total. The first kappa shape index (κ1) is 15.9. The summed E-state index contributed by atoms with van der Waals surface area (Å²) in [6.45, 7) is 3.60. The summed E-state index contributed by atoms with van der Waals surface area (Å²) < 4.78 is 5.37. The third-order valence-corrected chi connectivity index (χ3v) is 4.09. The number of fused-ring (bicyclic) bond motifs is 1. The zero-order chi connectivity index (χ0) is 17.1. The van der Waals surface area contributed by atoms with E-state index in [2.05, 4.69) is 9.97 Å². The number of carbonyl (C=O) groups is 1. The van der Waals surface area contributed by atoms with Crippen LogP contribution in [0.15, 0.2) is 53.5 Å². The van der Waals surface area contributed by atoms with Crippen molar-refractivity contribution in [3.8, 4) is 0 Å². The van der Waals surface area contributed by atoms with Crippen LogP contribution in [0.4, 0.5) is 0 Å². The van der Waals surface area contributed by atoms with E-state index in [9.17, 15) is 9.59 Å². The van der Waals surface area contributed by atoms with Crippen molar-refractivity contribution >= 4 is 16.9 Å². The molecule has 5 nitrogen and oxygen atoms in total. The average Bonchev–Trinajstić information content (AvgIpc) is 2.61. The van der Waals surface area contributed by atoms with E-state index < -0.39 is 5.92 Å². The minimum absolute atomic E-state index is 0.115. The lowest BCUT2D eigenvalue weighted by atomic mass is 9.93. The molecule has 2 aromatic heterocycles. The molecular weight excluding hydrogens is 304 g/mol. The smallest absolute Gasteiger partial charge is 0.313 e. The first-order valence-corrected chi connectivity index (χ1v) is 7.76. The highest BCUT2D eigenvalue weighted by molar-refractivity contribution is 5.89. The van der Waals surface area contributed by atoms with Crippen LogP contribution in [0.5, 0.6) is 0 Å². The van der Waals surface area contributed by atoms with Gasteiger partial charge in [-0.2, -0.15) is 0 Å². The number of rotatable bonds is 4. The molecule has 1 aromatic carbocycles. The number of esters is 1. The molecule has 3 aromatic rings. The molecular formula is C19H18N2O3. The number of aromatic amines is 1. The zero-order valence-electron chi connectivity index (χ0n) is 13.6. The summed E-state index contributed by atoms with van der Waals surface area (Å²) in [5, 5.41) is 0.858. The van der Waals surface area contributed by atoms with Crippen LogP contribution in [0.1, 0.15) is 29.7 Å². The van der Waals surface area contributed by atoms with Gasteiger partial charge in [0.25, 0.3) is 5.56 Å². The highest BCUT2D eigenvalue weighted by Gasteiger charge is 2.23. The van der Waals surface area contributed by atoms with Crippen LogP contribution in [0, 0.1) is 6.92 Å². The molecule has 3 rings (SSSR count). The zero-order valence-corrected chi connectivity index (χ0v) is 13.6. The number of hydrogen-bond donors (Lipinski definition) is 1. The van der Waals surface area contributed by atoms with Crippen molar-refractivity contribution in [1.29, 1.82) is 0 Å². The van der Waals surface area contributed by atoms with E-state index in [1.54, 1.807) is 32.2 Å². The summed E-state index contributed by atoms with van der Waals surface area (Å²) in [7, 11) is 0. The first-order chi connectivity index (χ1) is 11.6. The standard InChI is InChI=1S/C19H18N2O3/c1-12-17(15-8-3-4-9-16(15)21-18(12)22)13(2)19(23)24-11-14-7-5-6-10-20-14/h3-10,13H,11H2,1-2H3,(H,21,22). The van der Waals surface area contributed by atoms with E-state index in [4.69, 9.17) is 4.74 Å². The Morgan fingerprint density at radius 3 is 2.71 bits per heavy atom. The van der Waals surface area contributed by atoms with Crippen LogP contribution in [-0.4, -0.2) is 15.9 Å². The van der Waals surface area contributed by atoms with E-state index >= 15 is 0 Å². The summed E-state index contributed by atoms with van der Waals surface area (Å²) in [6, 6.07) is 12.9. The van der Waals surface area contributed by atoms with Crippen LogP contribution in [0.3, 0.4) is 0 Å². The van der Waals surface area contributed by atoms with Gasteiger partial charge in [-0.3, -0.25) is 14.6 Å². The second kappa shape index (κ2) is 6.66. The molecule has 5 heteroatoms. The lowest BCUT2D eigenvalue weighted by Gasteiger charge is -2.16. The van der Waals surface area contributed by atoms with Gasteiger partial charge in [0.2, 0.25) is 0 Å². The van der Waals surface area contributed by atoms with Gasteiger partial charge in [0, 0.05) is 22.7 Å². The fourth-order valence-corrected chi connectivity index (χ4v) is 2.80. The molecule has 0 fully saturated rings. The summed E-state index contributed by atoms with van der Waals surface area (Å²) >= 11 is 0. The molecule has 1 unspecified atom stereocenters. The SMILES string of the molecule is Cc1c(C(C)C(=O)OCc2ccccn2)c2ccccc2[nH]c1=O. The summed E-state index contributed by atoms with van der Waals surface area (Å²) in [5.41, 5.74) is 2.46. The van der Waals surface area contributed by atoms with Crippen molar-refractivity contribution in [3.05, 3.63) is 75.8 Å². The highest BCUT2D eigenvalue weighted by atomic mass is 16.5. The van der Waals surface area contributed by atoms with Crippen molar-refractivity contribution < 1.29 is 9.53 Å². The summed E-state index contributed by atoms with van der Waals surface area (Å²) in [6.07, 6.45) is 1.65. The summed E-state index contributed by atoms with van der Waals surface area (Å²) in [5.74, 6) is -0.916. The molecule has 0 saturated heterocycles. The number of H-pyrrole nitrogens is 1. The van der Waals surface area contributed by atoms with Crippen molar-refractivity contribution in [3.63, 3.8) is 0 Å². The summed E-state index contributed by atoms with van der Waals surface area (Å²) in [4.78, 5) is 31.6. The van der Waals surface area contributed by atoms with Gasteiger partial charge in [-0.15, -0.1) is 0 Å². The van der Waals surface area contributed by atoms with E-state index in [1.165, 1.54) is 0 Å². The molecule has 1 atom stereocenters. The molecule has 0 bridgehead atoms. The molecule has 0 saturated carbocycles. The largest absolute Gasteiger partial charge is 0.459 e. The van der Waals surface area contributed by atoms with Crippen molar-refractivity contribution in [1.82, 2.24) is 9.97 Å². The number of ether oxygens (including phenoxy) is 1. The van der Waals surface area contributed by atoms with Crippen LogP contribution >= 0.6 is 0 Å².